The minimum atomic E-state index is -0.559. The van der Waals surface area contributed by atoms with Gasteiger partial charge in [-0.05, 0) is 165 Å². The third-order valence-electron chi connectivity index (χ3n) is 16.4. The Morgan fingerprint density at radius 1 is 0.197 bits per heavy atom. The highest BCUT2D eigenvalue weighted by molar-refractivity contribution is 6.29. The van der Waals surface area contributed by atoms with Gasteiger partial charge in [0, 0.05) is 0 Å². The van der Waals surface area contributed by atoms with Crippen molar-refractivity contribution in [1.82, 2.24) is 0 Å². The quantitative estimate of drug-likeness (QED) is 0.122. The van der Waals surface area contributed by atoms with Crippen LogP contribution < -0.4 is 0 Å². The van der Waals surface area contributed by atoms with E-state index in [-0.39, 0.29) is 0 Å². The number of rotatable bonds is 3. The number of hydrogen-bond acceptors (Lipinski definition) is 0. The molecule has 0 N–H and O–H groups in total. The molecule has 0 saturated heterocycles. The fraction of sp³-hybridized carbons (Fsp3) is 0.0141. The summed E-state index contributed by atoms with van der Waals surface area (Å²) in [5.41, 5.74) is 17.7. The summed E-state index contributed by atoms with van der Waals surface area (Å²) in [6.07, 6.45) is 0. The first-order chi connectivity index (χ1) is 35.3. The SMILES string of the molecule is c1ccc2c(c1)-c1ccccc1C21c2c(c3ccccc3c3ccccc23)-c2c1c1ccc(-c3c4ccccc4c(-c4ccc(-c5ccc6ccccc6c5)cc4)c4ccccc34)cc1c1ccccc21. The minimum absolute atomic E-state index is 0.559. The summed E-state index contributed by atoms with van der Waals surface area (Å²) in [5, 5.41) is 17.9. The average Bonchev–Trinajstić information content (AvgIpc) is 3.95. The van der Waals surface area contributed by atoms with Crippen LogP contribution in [0.3, 0.4) is 0 Å². The lowest BCUT2D eigenvalue weighted by Gasteiger charge is -2.33. The fourth-order valence-corrected chi connectivity index (χ4v) is 13.6. The summed E-state index contributed by atoms with van der Waals surface area (Å²) >= 11 is 0. The summed E-state index contributed by atoms with van der Waals surface area (Å²) in [6.45, 7) is 0. The molecule has 14 aromatic carbocycles. The second-order valence-corrected chi connectivity index (χ2v) is 19.7. The second kappa shape index (κ2) is 14.5. The normalized spacial score (nSPS) is 13.2. The van der Waals surface area contributed by atoms with Crippen LogP contribution in [0.25, 0.3) is 131 Å². The predicted molar refractivity (Wildman–Crippen MR) is 302 cm³/mol. The molecule has 0 atom stereocenters. The van der Waals surface area contributed by atoms with Crippen LogP contribution in [0.2, 0.25) is 0 Å². The number of fused-ring (bicyclic) bond motifs is 23. The Morgan fingerprint density at radius 2 is 0.563 bits per heavy atom. The molecular formula is C71H42. The molecule has 0 aromatic heterocycles. The predicted octanol–water partition coefficient (Wildman–Crippen LogP) is 19.1. The van der Waals surface area contributed by atoms with Crippen molar-refractivity contribution in [3.63, 3.8) is 0 Å². The van der Waals surface area contributed by atoms with E-state index >= 15 is 0 Å². The molecule has 16 rings (SSSR count). The van der Waals surface area contributed by atoms with Gasteiger partial charge in [0.15, 0.2) is 0 Å². The van der Waals surface area contributed by atoms with Gasteiger partial charge in [-0.1, -0.05) is 243 Å². The smallest absolute Gasteiger partial charge is 0.0619 e. The minimum Gasteiger partial charge on any atom is -0.0619 e. The molecule has 0 unspecified atom stereocenters. The third kappa shape index (κ3) is 5.13. The molecule has 0 radical (unpaired) electrons. The average molecular weight is 895 g/mol. The highest BCUT2D eigenvalue weighted by atomic mass is 14.5. The van der Waals surface area contributed by atoms with Gasteiger partial charge in [-0.15, -0.1) is 0 Å². The first-order valence-electron chi connectivity index (χ1n) is 24.9. The monoisotopic (exact) mass is 894 g/mol. The van der Waals surface area contributed by atoms with Gasteiger partial charge in [0.1, 0.15) is 0 Å². The topological polar surface area (TPSA) is 0 Å². The van der Waals surface area contributed by atoms with E-state index in [1.165, 1.54) is 153 Å². The highest BCUT2D eigenvalue weighted by Crippen LogP contribution is 2.68. The van der Waals surface area contributed by atoms with Crippen LogP contribution in [-0.4, -0.2) is 0 Å². The van der Waals surface area contributed by atoms with Crippen molar-refractivity contribution >= 4 is 75.4 Å². The molecule has 2 aliphatic carbocycles. The first kappa shape index (κ1) is 38.8. The van der Waals surface area contributed by atoms with Crippen LogP contribution >= 0.6 is 0 Å². The summed E-state index contributed by atoms with van der Waals surface area (Å²) < 4.78 is 0. The molecule has 71 heavy (non-hydrogen) atoms. The molecule has 0 bridgehead atoms. The van der Waals surface area contributed by atoms with E-state index in [9.17, 15) is 0 Å². The van der Waals surface area contributed by atoms with Gasteiger partial charge in [-0.2, -0.15) is 0 Å². The van der Waals surface area contributed by atoms with Crippen LogP contribution in [0.5, 0.6) is 0 Å². The van der Waals surface area contributed by atoms with Crippen molar-refractivity contribution < 1.29 is 0 Å². The van der Waals surface area contributed by atoms with Crippen molar-refractivity contribution in [2.45, 2.75) is 5.41 Å². The van der Waals surface area contributed by atoms with Crippen molar-refractivity contribution in [2.24, 2.45) is 0 Å². The van der Waals surface area contributed by atoms with Gasteiger partial charge in [-0.25, -0.2) is 0 Å². The van der Waals surface area contributed by atoms with Crippen LogP contribution in [-0.2, 0) is 5.41 Å². The van der Waals surface area contributed by atoms with Gasteiger partial charge in [0.25, 0.3) is 0 Å². The van der Waals surface area contributed by atoms with E-state index in [0.717, 1.165) is 0 Å². The molecule has 326 valence electrons. The lowest BCUT2D eigenvalue weighted by atomic mass is 9.67. The number of hydrogen-bond donors (Lipinski definition) is 0. The summed E-state index contributed by atoms with van der Waals surface area (Å²) in [4.78, 5) is 0. The molecule has 0 fully saturated rings. The fourth-order valence-electron chi connectivity index (χ4n) is 13.6. The van der Waals surface area contributed by atoms with Crippen LogP contribution in [0.1, 0.15) is 22.3 Å². The van der Waals surface area contributed by atoms with Gasteiger partial charge < -0.3 is 0 Å². The van der Waals surface area contributed by atoms with E-state index < -0.39 is 5.41 Å². The Balaban J connectivity index is 0.985. The number of benzene rings is 14. The third-order valence-corrected chi connectivity index (χ3v) is 16.4. The van der Waals surface area contributed by atoms with Crippen molar-refractivity contribution in [1.29, 1.82) is 0 Å². The Kier molecular flexibility index (Phi) is 7.91. The lowest BCUT2D eigenvalue weighted by molar-refractivity contribution is 0.810. The Bertz CT molecular complexity index is 4520. The van der Waals surface area contributed by atoms with E-state index in [0.29, 0.717) is 0 Å². The van der Waals surface area contributed by atoms with Gasteiger partial charge in [0.05, 0.1) is 5.41 Å². The Labute approximate surface area is 411 Å². The summed E-state index contributed by atoms with van der Waals surface area (Å²) in [7, 11) is 0. The molecule has 0 heteroatoms. The van der Waals surface area contributed by atoms with E-state index in [1.54, 1.807) is 0 Å². The molecule has 0 nitrogen and oxygen atoms in total. The van der Waals surface area contributed by atoms with Gasteiger partial charge in [-0.3, -0.25) is 0 Å². The molecule has 14 aromatic rings. The largest absolute Gasteiger partial charge is 0.0738 e. The Hall–Kier alpha value is -9.10. The van der Waals surface area contributed by atoms with Crippen molar-refractivity contribution in [3.05, 3.63) is 277 Å². The zero-order valence-electron chi connectivity index (χ0n) is 38.7. The summed E-state index contributed by atoms with van der Waals surface area (Å²) in [5.74, 6) is 0. The van der Waals surface area contributed by atoms with Crippen LogP contribution in [0.4, 0.5) is 0 Å². The molecule has 0 saturated carbocycles. The zero-order valence-corrected chi connectivity index (χ0v) is 38.7. The lowest BCUT2D eigenvalue weighted by Crippen LogP contribution is -2.26. The molecule has 2 aliphatic rings. The van der Waals surface area contributed by atoms with Crippen molar-refractivity contribution in [2.75, 3.05) is 0 Å². The Morgan fingerprint density at radius 3 is 1.13 bits per heavy atom. The molecule has 0 heterocycles. The van der Waals surface area contributed by atoms with E-state index in [1.807, 2.05) is 0 Å². The highest BCUT2D eigenvalue weighted by Gasteiger charge is 2.54. The van der Waals surface area contributed by atoms with Gasteiger partial charge >= 0.3 is 0 Å². The standard InChI is InChI=1S/C71H42/c1-2-18-46-41-47(38-35-43(46)17-1)44-33-36-45(37-34-44)65-56-26-8-10-28-58(56)66(59-29-11-9-27-57(59)65)48-39-40-61-62(42-48)51-21-4-7-25-55(51)68-67-54-24-6-3-19-49(54)50-20-5-12-30-60(50)69(67)71(70(61)68)63-31-15-13-22-52(63)53-23-14-16-32-64(53)71/h1-42H. The molecule has 0 amide bonds. The molecule has 1 spiro atoms. The molecule has 0 aliphatic heterocycles. The van der Waals surface area contributed by atoms with E-state index in [2.05, 4.69) is 255 Å². The van der Waals surface area contributed by atoms with Crippen molar-refractivity contribution in [3.8, 4) is 55.6 Å². The van der Waals surface area contributed by atoms with E-state index in [4.69, 9.17) is 0 Å². The zero-order chi connectivity index (χ0) is 46.4. The van der Waals surface area contributed by atoms with Crippen LogP contribution in [0, 0.1) is 0 Å². The first-order valence-corrected chi connectivity index (χ1v) is 24.9. The maximum Gasteiger partial charge on any atom is 0.0738 e. The second-order valence-electron chi connectivity index (χ2n) is 19.7. The van der Waals surface area contributed by atoms with Gasteiger partial charge in [0.2, 0.25) is 0 Å². The molecular weight excluding hydrogens is 853 g/mol. The van der Waals surface area contributed by atoms with Crippen LogP contribution in [0.15, 0.2) is 255 Å². The maximum absolute atomic E-state index is 2.53. The maximum atomic E-state index is 2.53. The summed E-state index contributed by atoms with van der Waals surface area (Å²) in [6, 6.07) is 96.3.